The molecular weight excluding hydrogens is 811 g/mol. The fourth-order valence-corrected chi connectivity index (χ4v) is 7.59. The van der Waals surface area contributed by atoms with Crippen molar-refractivity contribution in [2.75, 3.05) is 13.2 Å². The molecule has 0 spiro atoms. The first-order valence-corrected chi connectivity index (χ1v) is 24.2. The summed E-state index contributed by atoms with van der Waals surface area (Å²) >= 11 is 0. The van der Waals surface area contributed by atoms with Crippen LogP contribution in [0.4, 0.5) is 0 Å². The Labute approximate surface area is 364 Å². The molecule has 61 heavy (non-hydrogen) atoms. The van der Waals surface area contributed by atoms with E-state index in [1.165, 1.54) is 51.4 Å². The summed E-state index contributed by atoms with van der Waals surface area (Å²) in [6.07, 6.45) is 19.4. The van der Waals surface area contributed by atoms with Crippen LogP contribution < -0.4 is 0 Å². The van der Waals surface area contributed by atoms with Gasteiger partial charge in [0.25, 0.3) is 0 Å². The molecule has 0 radical (unpaired) electrons. The Morgan fingerprint density at radius 2 is 1.02 bits per heavy atom. The highest BCUT2D eigenvalue weighted by Crippen LogP contribution is 2.47. The van der Waals surface area contributed by atoms with E-state index in [0.29, 0.717) is 12.8 Å². The summed E-state index contributed by atoms with van der Waals surface area (Å²) in [7, 11) is -5.18. The number of aliphatic hydroxyl groups excluding tert-OH is 7. The number of rotatable bonds is 36. The predicted octanol–water partition coefficient (Wildman–Crippen LogP) is 6.33. The van der Waals surface area contributed by atoms with Crippen molar-refractivity contribution in [1.29, 1.82) is 0 Å². The summed E-state index contributed by atoms with van der Waals surface area (Å²) in [6.45, 7) is 3.00. The first-order valence-electron chi connectivity index (χ1n) is 22.7. The van der Waals surface area contributed by atoms with Gasteiger partial charge < -0.3 is 50.1 Å². The van der Waals surface area contributed by atoms with E-state index in [-0.39, 0.29) is 25.7 Å². The zero-order chi connectivity index (χ0) is 45.3. The maximum Gasteiger partial charge on any atom is 0.472 e. The van der Waals surface area contributed by atoms with E-state index < -0.39 is 87.9 Å². The van der Waals surface area contributed by atoms with Gasteiger partial charge in [-0.15, -0.1) is 0 Å². The molecule has 1 aliphatic carbocycles. The van der Waals surface area contributed by atoms with Gasteiger partial charge in [0, 0.05) is 12.8 Å². The highest BCUT2D eigenvalue weighted by Gasteiger charge is 2.51. The number of carbonyl (C=O) groups is 2. The number of allylic oxidation sites excluding steroid dienone is 6. The molecule has 0 saturated heterocycles. The van der Waals surface area contributed by atoms with Crippen molar-refractivity contribution in [3.8, 4) is 0 Å². The van der Waals surface area contributed by atoms with E-state index in [4.69, 9.17) is 18.5 Å². The Morgan fingerprint density at radius 3 is 1.54 bits per heavy atom. The van der Waals surface area contributed by atoms with Crippen LogP contribution in [0.5, 0.6) is 0 Å². The second-order valence-corrected chi connectivity index (χ2v) is 17.4. The number of esters is 2. The summed E-state index contributed by atoms with van der Waals surface area (Å²) in [5.41, 5.74) is 0. The maximum absolute atomic E-state index is 12.8. The topological polar surface area (TPSA) is 250 Å². The second kappa shape index (κ2) is 35.1. The summed E-state index contributed by atoms with van der Waals surface area (Å²) in [5.74, 6) is -1.33. The van der Waals surface area contributed by atoms with Crippen molar-refractivity contribution in [1.82, 2.24) is 0 Å². The molecule has 0 aromatic carbocycles. The van der Waals surface area contributed by atoms with Gasteiger partial charge in [0.05, 0.1) is 18.8 Å². The van der Waals surface area contributed by atoms with Gasteiger partial charge in [-0.1, -0.05) is 159 Å². The van der Waals surface area contributed by atoms with E-state index in [9.17, 15) is 54.8 Å². The molecule has 0 heterocycles. The van der Waals surface area contributed by atoms with Crippen molar-refractivity contribution >= 4 is 19.8 Å². The lowest BCUT2D eigenvalue weighted by Gasteiger charge is -2.41. The van der Waals surface area contributed by atoms with Crippen LogP contribution in [0.2, 0.25) is 0 Å². The quantitative estimate of drug-likeness (QED) is 0.0148. The first-order chi connectivity index (χ1) is 29.2. The maximum atomic E-state index is 12.8. The fraction of sp³-hybridized carbons (Fsp3) is 0.778. The average molecular weight is 891 g/mol. The largest absolute Gasteiger partial charge is 0.472 e. The number of ether oxygens (including phenoxy) is 2. The normalized spacial score (nSPS) is 23.5. The van der Waals surface area contributed by atoms with Crippen LogP contribution in [0.25, 0.3) is 0 Å². The lowest BCUT2D eigenvalue weighted by atomic mass is 9.85. The van der Waals surface area contributed by atoms with Gasteiger partial charge in [-0.05, 0) is 32.1 Å². The van der Waals surface area contributed by atoms with Crippen molar-refractivity contribution in [2.45, 2.75) is 210 Å². The molecule has 15 nitrogen and oxygen atoms in total. The van der Waals surface area contributed by atoms with Crippen LogP contribution >= 0.6 is 7.82 Å². The van der Waals surface area contributed by atoms with Crippen molar-refractivity contribution in [2.24, 2.45) is 0 Å². The molecule has 0 bridgehead atoms. The van der Waals surface area contributed by atoms with E-state index >= 15 is 0 Å². The molecule has 1 rings (SSSR count). The smallest absolute Gasteiger partial charge is 0.462 e. The average Bonchev–Trinajstić information content (AvgIpc) is 3.23. The molecular formula is C45H79O15P. The van der Waals surface area contributed by atoms with Crippen molar-refractivity contribution in [3.63, 3.8) is 0 Å². The third kappa shape index (κ3) is 28.2. The van der Waals surface area contributed by atoms with Gasteiger partial charge in [-0.25, -0.2) is 4.57 Å². The first kappa shape index (κ1) is 56.7. The van der Waals surface area contributed by atoms with E-state index in [2.05, 4.69) is 13.8 Å². The van der Waals surface area contributed by atoms with E-state index in [1.807, 2.05) is 24.3 Å². The number of phosphoric acid groups is 1. The fourth-order valence-electron chi connectivity index (χ4n) is 6.62. The van der Waals surface area contributed by atoms with Gasteiger partial charge in [-0.3, -0.25) is 18.6 Å². The zero-order valence-corrected chi connectivity index (χ0v) is 37.6. The Balaban J connectivity index is 2.59. The van der Waals surface area contributed by atoms with Crippen LogP contribution in [0.3, 0.4) is 0 Å². The van der Waals surface area contributed by atoms with Crippen LogP contribution in [0.15, 0.2) is 48.6 Å². The highest BCUT2D eigenvalue weighted by molar-refractivity contribution is 7.47. The monoisotopic (exact) mass is 891 g/mol. The van der Waals surface area contributed by atoms with Crippen LogP contribution in [0, 0.1) is 0 Å². The molecule has 1 aliphatic rings. The molecule has 10 atom stereocenters. The standard InChI is InChI=1S/C45H79O15P/c1-3-5-7-8-9-10-11-12-13-14-18-21-25-31-38(48)57-33-37(34-58-61(55,56)60-45-43(53)41(51)40(50)42(52)44(45)54)59-39(49)32-26-30-36(47)29-24-20-17-15-16-19-23-28-35(46)27-22-6-4-2/h16-17,19-20,23-24,28-29,35-37,40-47,50-54H,3-15,18,21-22,25-27,30-34H2,1-2H3,(H,55,56)/b19-16-,20-17-,28-23+,29-24+/t35-,36-,37-,40?,41-,42+,43-,44-,45?/m1/s1. The Hall–Kier alpha value is -2.27. The van der Waals surface area contributed by atoms with Crippen LogP contribution in [0.1, 0.15) is 155 Å². The zero-order valence-electron chi connectivity index (χ0n) is 36.7. The summed E-state index contributed by atoms with van der Waals surface area (Å²) in [4.78, 5) is 35.7. The third-order valence-electron chi connectivity index (χ3n) is 10.4. The Bertz CT molecular complexity index is 1290. The minimum absolute atomic E-state index is 0.119. The third-order valence-corrected chi connectivity index (χ3v) is 11.4. The minimum Gasteiger partial charge on any atom is -0.462 e. The lowest BCUT2D eigenvalue weighted by molar-refractivity contribution is -0.220. The molecule has 0 aromatic rings. The molecule has 16 heteroatoms. The van der Waals surface area contributed by atoms with Crippen LogP contribution in [-0.4, -0.2) is 121 Å². The molecule has 8 N–H and O–H groups in total. The molecule has 1 fully saturated rings. The summed E-state index contributed by atoms with van der Waals surface area (Å²) < 4.78 is 33.3. The summed E-state index contributed by atoms with van der Waals surface area (Å²) in [6, 6.07) is 0. The Morgan fingerprint density at radius 1 is 0.574 bits per heavy atom. The summed E-state index contributed by atoms with van der Waals surface area (Å²) in [5, 5.41) is 70.3. The molecule has 0 aromatic heterocycles. The highest BCUT2D eigenvalue weighted by atomic mass is 31.2. The number of phosphoric ester groups is 1. The molecule has 354 valence electrons. The predicted molar refractivity (Wildman–Crippen MR) is 233 cm³/mol. The van der Waals surface area contributed by atoms with Gasteiger partial charge in [-0.2, -0.15) is 0 Å². The van der Waals surface area contributed by atoms with Gasteiger partial charge >= 0.3 is 19.8 Å². The minimum atomic E-state index is -5.18. The van der Waals surface area contributed by atoms with E-state index in [1.54, 1.807) is 24.3 Å². The van der Waals surface area contributed by atoms with Crippen molar-refractivity contribution in [3.05, 3.63) is 48.6 Å². The molecule has 3 unspecified atom stereocenters. The Kier molecular flexibility index (Phi) is 32.7. The number of carbonyl (C=O) groups excluding carboxylic acids is 2. The number of hydrogen-bond acceptors (Lipinski definition) is 14. The molecule has 0 aliphatic heterocycles. The van der Waals surface area contributed by atoms with Crippen molar-refractivity contribution < 1.29 is 73.3 Å². The second-order valence-electron chi connectivity index (χ2n) is 16.0. The van der Waals surface area contributed by atoms with Gasteiger partial charge in [0.1, 0.15) is 43.2 Å². The molecule has 0 amide bonds. The van der Waals surface area contributed by atoms with Gasteiger partial charge in [0.15, 0.2) is 6.10 Å². The number of aliphatic hydroxyl groups is 7. The van der Waals surface area contributed by atoms with Gasteiger partial charge in [0.2, 0.25) is 0 Å². The lowest BCUT2D eigenvalue weighted by Crippen LogP contribution is -2.64. The molecule has 1 saturated carbocycles. The van der Waals surface area contributed by atoms with E-state index in [0.717, 1.165) is 51.4 Å². The number of hydrogen-bond donors (Lipinski definition) is 8. The number of unbranched alkanes of at least 4 members (excludes halogenated alkanes) is 14. The SMILES string of the molecule is CCCCCCCCCCCCCCCC(=O)OC[C@H](COP(=O)(O)OC1[C@H](O)[C@H](O)C(O)[C@H](O)[C@H]1O)OC(=O)CCC[C@H](O)/C=C/C=C\C/C=C\C=C\[C@H](O)CCCCC. The van der Waals surface area contributed by atoms with Crippen LogP contribution in [-0.2, 0) is 32.7 Å².